The van der Waals surface area contributed by atoms with Gasteiger partial charge in [0.15, 0.2) is 0 Å². The molecule has 1 heterocycles. The lowest BCUT2D eigenvalue weighted by Gasteiger charge is -2.06. The maximum atomic E-state index is 12.4. The lowest BCUT2D eigenvalue weighted by atomic mass is 10.2. The largest absolute Gasteiger partial charge is 0.507 e. The van der Waals surface area contributed by atoms with E-state index < -0.39 is 10.0 Å². The zero-order valence-electron chi connectivity index (χ0n) is 13.9. The quantitative estimate of drug-likeness (QED) is 0.674. The Hall–Kier alpha value is -3.26. The van der Waals surface area contributed by atoms with Crippen LogP contribution in [0.5, 0.6) is 5.75 Å². The fraction of sp³-hybridized carbons (Fsp3) is 0.0556. The van der Waals surface area contributed by atoms with E-state index in [1.807, 2.05) is 6.92 Å². The van der Waals surface area contributed by atoms with Gasteiger partial charge >= 0.3 is 0 Å². The molecule has 2 N–H and O–H groups in total. The molecule has 0 fully saturated rings. The van der Waals surface area contributed by atoms with Crippen molar-refractivity contribution in [3.05, 3.63) is 72.1 Å². The third-order valence-electron chi connectivity index (χ3n) is 3.44. The van der Waals surface area contributed by atoms with E-state index in [1.165, 1.54) is 30.7 Å². The number of nitrogens with one attached hydrogen (secondary N) is 1. The second-order valence-corrected chi connectivity index (χ2v) is 7.18. The summed E-state index contributed by atoms with van der Waals surface area (Å²) in [6, 6.07) is 12.8. The summed E-state index contributed by atoms with van der Waals surface area (Å²) in [5, 5.41) is 9.71. The molecular formula is C18H16N4O3S. The van der Waals surface area contributed by atoms with Crippen LogP contribution in [0.4, 0.5) is 11.6 Å². The van der Waals surface area contributed by atoms with E-state index in [4.69, 9.17) is 0 Å². The van der Waals surface area contributed by atoms with Crippen molar-refractivity contribution in [1.29, 1.82) is 0 Å². The Bertz CT molecular complexity index is 1030. The maximum Gasteiger partial charge on any atom is 0.264 e. The van der Waals surface area contributed by atoms with Crippen molar-refractivity contribution < 1.29 is 13.5 Å². The second-order valence-electron chi connectivity index (χ2n) is 5.50. The molecule has 0 amide bonds. The van der Waals surface area contributed by atoms with Gasteiger partial charge in [0.05, 0.1) is 10.6 Å². The predicted molar refractivity (Wildman–Crippen MR) is 99.4 cm³/mol. The van der Waals surface area contributed by atoms with Gasteiger partial charge in [0.1, 0.15) is 5.75 Å². The number of anilines is 1. The van der Waals surface area contributed by atoms with Crippen LogP contribution >= 0.6 is 0 Å². The summed E-state index contributed by atoms with van der Waals surface area (Å²) in [6.07, 6.45) is 4.57. The Morgan fingerprint density at radius 3 is 2.35 bits per heavy atom. The maximum absolute atomic E-state index is 12.4. The molecule has 0 aliphatic heterocycles. The summed E-state index contributed by atoms with van der Waals surface area (Å²) in [7, 11) is -3.78. The number of phenols is 1. The molecule has 0 saturated carbocycles. The minimum atomic E-state index is -3.78. The van der Waals surface area contributed by atoms with Crippen LogP contribution in [0.3, 0.4) is 0 Å². The standard InChI is InChI=1S/C18H16N4O3S/c1-13-10-20-18(21-11-13)22-26(24,25)16-8-6-15(7-9-16)19-12-14-4-2-3-5-17(14)23/h2-12,23H,1H3,(H,20,21,22). The zero-order chi connectivity index (χ0) is 18.6. The Morgan fingerprint density at radius 2 is 1.69 bits per heavy atom. The van der Waals surface area contributed by atoms with E-state index in [0.29, 0.717) is 11.3 Å². The average molecular weight is 368 g/mol. The first kappa shape index (κ1) is 17.6. The molecule has 0 bridgehead atoms. The molecular weight excluding hydrogens is 352 g/mol. The molecule has 3 rings (SSSR count). The van der Waals surface area contributed by atoms with Crippen molar-refractivity contribution in [2.75, 3.05) is 4.72 Å². The van der Waals surface area contributed by atoms with Crippen molar-refractivity contribution in [2.24, 2.45) is 4.99 Å². The van der Waals surface area contributed by atoms with Gasteiger partial charge in [0.2, 0.25) is 5.95 Å². The minimum Gasteiger partial charge on any atom is -0.507 e. The fourth-order valence-electron chi connectivity index (χ4n) is 2.08. The van der Waals surface area contributed by atoms with Gasteiger partial charge in [0.25, 0.3) is 10.0 Å². The number of aryl methyl sites for hydroxylation is 1. The van der Waals surface area contributed by atoms with Gasteiger partial charge in [-0.3, -0.25) is 4.99 Å². The molecule has 0 radical (unpaired) electrons. The van der Waals surface area contributed by atoms with E-state index in [0.717, 1.165) is 5.56 Å². The topological polar surface area (TPSA) is 105 Å². The van der Waals surface area contributed by atoms with Crippen LogP contribution in [0.25, 0.3) is 0 Å². The first-order chi connectivity index (χ1) is 12.4. The van der Waals surface area contributed by atoms with Crippen molar-refractivity contribution in [3.63, 3.8) is 0 Å². The third kappa shape index (κ3) is 4.22. The molecule has 26 heavy (non-hydrogen) atoms. The second kappa shape index (κ2) is 7.32. The Morgan fingerprint density at radius 1 is 1.04 bits per heavy atom. The van der Waals surface area contributed by atoms with Gasteiger partial charge in [0, 0.05) is 24.2 Å². The van der Waals surface area contributed by atoms with Crippen LogP contribution in [-0.2, 0) is 10.0 Å². The first-order valence-electron chi connectivity index (χ1n) is 7.68. The van der Waals surface area contributed by atoms with Gasteiger partial charge in [-0.25, -0.2) is 23.1 Å². The minimum absolute atomic E-state index is 0.0113. The lowest BCUT2D eigenvalue weighted by Crippen LogP contribution is -2.14. The average Bonchev–Trinajstić information content (AvgIpc) is 2.63. The smallest absolute Gasteiger partial charge is 0.264 e. The highest BCUT2D eigenvalue weighted by Crippen LogP contribution is 2.19. The van der Waals surface area contributed by atoms with Gasteiger partial charge in [-0.2, -0.15) is 0 Å². The van der Waals surface area contributed by atoms with Crippen molar-refractivity contribution in [3.8, 4) is 5.75 Å². The first-order valence-corrected chi connectivity index (χ1v) is 9.16. The number of hydrogen-bond donors (Lipinski definition) is 2. The number of benzene rings is 2. The van der Waals surface area contributed by atoms with Crippen LogP contribution in [0.15, 0.2) is 70.8 Å². The molecule has 0 spiro atoms. The summed E-state index contributed by atoms with van der Waals surface area (Å²) in [5.41, 5.74) is 1.96. The molecule has 0 atom stereocenters. The SMILES string of the molecule is Cc1cnc(NS(=O)(=O)c2ccc(N=Cc3ccccc3O)cc2)nc1. The highest BCUT2D eigenvalue weighted by molar-refractivity contribution is 7.92. The Labute approximate surface area is 151 Å². The summed E-state index contributed by atoms with van der Waals surface area (Å²) < 4.78 is 27.0. The van der Waals surface area contributed by atoms with Gasteiger partial charge < -0.3 is 5.11 Å². The number of aromatic nitrogens is 2. The molecule has 1 aromatic heterocycles. The molecule has 0 unspecified atom stereocenters. The van der Waals surface area contributed by atoms with Gasteiger partial charge in [-0.05, 0) is 48.9 Å². The van der Waals surface area contributed by atoms with E-state index in [2.05, 4.69) is 19.7 Å². The molecule has 0 aliphatic rings. The monoisotopic (exact) mass is 368 g/mol. The summed E-state index contributed by atoms with van der Waals surface area (Å²) in [6.45, 7) is 1.81. The lowest BCUT2D eigenvalue weighted by molar-refractivity contribution is 0.474. The van der Waals surface area contributed by atoms with Crippen LogP contribution in [-0.4, -0.2) is 29.7 Å². The number of para-hydroxylation sites is 1. The normalized spacial score (nSPS) is 11.6. The molecule has 0 aliphatic carbocycles. The van der Waals surface area contributed by atoms with Crippen molar-refractivity contribution in [1.82, 2.24) is 9.97 Å². The molecule has 2 aromatic carbocycles. The third-order valence-corrected chi connectivity index (χ3v) is 4.79. The van der Waals surface area contributed by atoms with Gasteiger partial charge in [-0.1, -0.05) is 12.1 Å². The number of aromatic hydroxyl groups is 1. The zero-order valence-corrected chi connectivity index (χ0v) is 14.7. The fourth-order valence-corrected chi connectivity index (χ4v) is 3.03. The molecule has 0 saturated heterocycles. The number of hydrogen-bond acceptors (Lipinski definition) is 6. The predicted octanol–water partition coefficient (Wildman–Crippen LogP) is 3.04. The molecule has 7 nitrogen and oxygen atoms in total. The highest BCUT2D eigenvalue weighted by Gasteiger charge is 2.15. The molecule has 3 aromatic rings. The number of aliphatic imine (C=N–C) groups is 1. The van der Waals surface area contributed by atoms with Crippen molar-refractivity contribution >= 4 is 27.9 Å². The number of sulfonamides is 1. The van der Waals surface area contributed by atoms with Crippen LogP contribution < -0.4 is 4.72 Å². The number of phenolic OH excluding ortho intramolecular Hbond substituents is 1. The summed E-state index contributed by atoms with van der Waals surface area (Å²) >= 11 is 0. The molecule has 132 valence electrons. The van der Waals surface area contributed by atoms with Gasteiger partial charge in [-0.15, -0.1) is 0 Å². The van der Waals surface area contributed by atoms with Crippen LogP contribution in [0.2, 0.25) is 0 Å². The molecule has 8 heteroatoms. The number of rotatable bonds is 5. The van der Waals surface area contributed by atoms with Crippen LogP contribution in [0.1, 0.15) is 11.1 Å². The Balaban J connectivity index is 1.76. The van der Waals surface area contributed by atoms with E-state index in [-0.39, 0.29) is 16.6 Å². The summed E-state index contributed by atoms with van der Waals surface area (Å²) in [4.78, 5) is 12.2. The van der Waals surface area contributed by atoms with E-state index in [1.54, 1.807) is 36.4 Å². The van der Waals surface area contributed by atoms with Crippen molar-refractivity contribution in [2.45, 2.75) is 11.8 Å². The summed E-state index contributed by atoms with van der Waals surface area (Å²) in [5.74, 6) is 0.134. The Kier molecular flexibility index (Phi) is 4.94. The van der Waals surface area contributed by atoms with E-state index >= 15 is 0 Å². The highest BCUT2D eigenvalue weighted by atomic mass is 32.2. The van der Waals surface area contributed by atoms with Crippen LogP contribution in [0, 0.1) is 6.92 Å². The number of nitrogens with zero attached hydrogens (tertiary/aromatic N) is 3. The van der Waals surface area contributed by atoms with E-state index in [9.17, 15) is 13.5 Å².